The van der Waals surface area contributed by atoms with Gasteiger partial charge in [-0.2, -0.15) is 0 Å². The van der Waals surface area contributed by atoms with Crippen molar-refractivity contribution >= 4 is 15.9 Å². The van der Waals surface area contributed by atoms with Gasteiger partial charge in [0.05, 0.1) is 18.7 Å². The van der Waals surface area contributed by atoms with Crippen LogP contribution in [0.4, 0.5) is 0 Å². The minimum atomic E-state index is 0.0989. The maximum Gasteiger partial charge on any atom is 0.175 e. The van der Waals surface area contributed by atoms with E-state index in [9.17, 15) is 0 Å². The Morgan fingerprint density at radius 3 is 2.05 bits per heavy atom. The van der Waals surface area contributed by atoms with Gasteiger partial charge in [-0.05, 0) is 53.2 Å². The lowest BCUT2D eigenvalue weighted by molar-refractivity contribution is 0.346. The van der Waals surface area contributed by atoms with Crippen LogP contribution in [-0.4, -0.2) is 20.3 Å². The number of rotatable bonds is 5. The van der Waals surface area contributed by atoms with E-state index in [1.54, 1.807) is 14.2 Å². The van der Waals surface area contributed by atoms with Crippen LogP contribution in [0, 0.1) is 0 Å². The van der Waals surface area contributed by atoms with Gasteiger partial charge in [0.25, 0.3) is 0 Å². The zero-order chi connectivity index (χ0) is 15.1. The summed E-state index contributed by atoms with van der Waals surface area (Å²) in [6.07, 6.45) is 2.29. The Labute approximate surface area is 130 Å². The first-order valence-corrected chi connectivity index (χ1v) is 7.88. The average Bonchev–Trinajstić information content (AvgIpc) is 3.18. The fourth-order valence-corrected chi connectivity index (χ4v) is 3.68. The van der Waals surface area contributed by atoms with E-state index in [0.717, 1.165) is 28.8 Å². The summed E-state index contributed by atoms with van der Waals surface area (Å²) in [5.74, 6) is 1.96. The molecule has 0 aromatic heterocycles. The zero-order valence-electron chi connectivity index (χ0n) is 12.9. The van der Waals surface area contributed by atoms with E-state index in [0.29, 0.717) is 5.92 Å². The van der Waals surface area contributed by atoms with Crippen molar-refractivity contribution in [1.82, 2.24) is 0 Å². The van der Waals surface area contributed by atoms with Crippen LogP contribution in [0.1, 0.15) is 50.7 Å². The van der Waals surface area contributed by atoms with Crippen molar-refractivity contribution < 1.29 is 9.47 Å². The van der Waals surface area contributed by atoms with E-state index in [-0.39, 0.29) is 11.5 Å². The molecule has 0 spiro atoms. The van der Waals surface area contributed by atoms with Crippen LogP contribution in [0.2, 0.25) is 0 Å². The van der Waals surface area contributed by atoms with Crippen LogP contribution in [0.15, 0.2) is 10.5 Å². The van der Waals surface area contributed by atoms with Crippen LogP contribution in [-0.2, 0) is 5.41 Å². The van der Waals surface area contributed by atoms with Gasteiger partial charge in [0.15, 0.2) is 11.5 Å². The summed E-state index contributed by atoms with van der Waals surface area (Å²) in [6, 6.07) is 2.32. The Bertz CT molecular complexity index is 508. The molecule has 0 radical (unpaired) electrons. The molecule has 112 valence electrons. The molecule has 2 rings (SSSR count). The molecule has 1 aliphatic carbocycles. The fourth-order valence-electron chi connectivity index (χ4n) is 3.11. The molecule has 20 heavy (non-hydrogen) atoms. The lowest BCUT2D eigenvalue weighted by Crippen LogP contribution is -2.32. The Kier molecular flexibility index (Phi) is 4.35. The van der Waals surface area contributed by atoms with Crippen LogP contribution >= 0.6 is 15.9 Å². The van der Waals surface area contributed by atoms with Gasteiger partial charge in [-0.3, -0.25) is 0 Å². The molecule has 3 nitrogen and oxygen atoms in total. The minimum Gasteiger partial charge on any atom is -0.493 e. The molecule has 1 saturated carbocycles. The van der Waals surface area contributed by atoms with Gasteiger partial charge in [0.1, 0.15) is 0 Å². The SMILES string of the molecule is COc1c(Br)cc(C2(C(C)N)CC2)c(C(C)C)c1OC. The first-order chi connectivity index (χ1) is 9.39. The second kappa shape index (κ2) is 5.57. The van der Waals surface area contributed by atoms with Crippen LogP contribution in [0.25, 0.3) is 0 Å². The Morgan fingerprint density at radius 2 is 1.70 bits per heavy atom. The molecule has 0 bridgehead atoms. The maximum atomic E-state index is 6.26. The van der Waals surface area contributed by atoms with Gasteiger partial charge >= 0.3 is 0 Å². The molecular formula is C16H24BrNO2. The molecular weight excluding hydrogens is 318 g/mol. The number of halogens is 1. The average molecular weight is 342 g/mol. The summed E-state index contributed by atoms with van der Waals surface area (Å²) in [6.45, 7) is 6.47. The van der Waals surface area contributed by atoms with Crippen molar-refractivity contribution in [3.05, 3.63) is 21.7 Å². The third-order valence-electron chi connectivity index (χ3n) is 4.41. The monoisotopic (exact) mass is 341 g/mol. The highest BCUT2D eigenvalue weighted by molar-refractivity contribution is 9.10. The third kappa shape index (κ3) is 2.33. The summed E-state index contributed by atoms with van der Waals surface area (Å²) in [7, 11) is 3.37. The van der Waals surface area contributed by atoms with E-state index >= 15 is 0 Å². The fraction of sp³-hybridized carbons (Fsp3) is 0.625. The molecule has 0 aliphatic heterocycles. The van der Waals surface area contributed by atoms with E-state index < -0.39 is 0 Å². The zero-order valence-corrected chi connectivity index (χ0v) is 14.5. The summed E-state index contributed by atoms with van der Waals surface area (Å²) >= 11 is 3.61. The third-order valence-corrected chi connectivity index (χ3v) is 5.00. The van der Waals surface area contributed by atoms with Crippen molar-refractivity contribution in [3.8, 4) is 11.5 Å². The highest BCUT2D eigenvalue weighted by Gasteiger charge is 2.49. The molecule has 0 saturated heterocycles. The second-order valence-electron chi connectivity index (χ2n) is 5.99. The Morgan fingerprint density at radius 1 is 1.15 bits per heavy atom. The first kappa shape index (κ1) is 15.6. The van der Waals surface area contributed by atoms with Crippen molar-refractivity contribution in [2.24, 2.45) is 5.73 Å². The molecule has 1 aromatic carbocycles. The number of methoxy groups -OCH3 is 2. The molecule has 1 aliphatic rings. The van der Waals surface area contributed by atoms with Crippen molar-refractivity contribution in [2.45, 2.75) is 51.0 Å². The van der Waals surface area contributed by atoms with E-state index in [4.69, 9.17) is 15.2 Å². The molecule has 0 amide bonds. The molecule has 1 atom stereocenters. The van der Waals surface area contributed by atoms with Gasteiger partial charge < -0.3 is 15.2 Å². The largest absolute Gasteiger partial charge is 0.493 e. The molecule has 2 N–H and O–H groups in total. The van der Waals surface area contributed by atoms with Gasteiger partial charge in [-0.1, -0.05) is 13.8 Å². The van der Waals surface area contributed by atoms with Crippen LogP contribution < -0.4 is 15.2 Å². The van der Waals surface area contributed by atoms with Crippen LogP contribution in [0.3, 0.4) is 0 Å². The van der Waals surface area contributed by atoms with Crippen molar-refractivity contribution in [3.63, 3.8) is 0 Å². The molecule has 1 unspecified atom stereocenters. The highest BCUT2D eigenvalue weighted by atomic mass is 79.9. The van der Waals surface area contributed by atoms with Crippen molar-refractivity contribution in [1.29, 1.82) is 0 Å². The smallest absolute Gasteiger partial charge is 0.175 e. The van der Waals surface area contributed by atoms with Gasteiger partial charge in [0, 0.05) is 17.0 Å². The van der Waals surface area contributed by atoms with Gasteiger partial charge in [-0.15, -0.1) is 0 Å². The molecule has 1 aromatic rings. The number of ether oxygens (including phenoxy) is 2. The normalized spacial score (nSPS) is 18.0. The number of hydrogen-bond donors (Lipinski definition) is 1. The second-order valence-corrected chi connectivity index (χ2v) is 6.84. The standard InChI is InChI=1S/C16H24BrNO2/c1-9(2)13-11(16(6-7-16)10(3)18)8-12(17)14(19-4)15(13)20-5/h8-10H,6-7,18H2,1-5H3. The molecule has 0 heterocycles. The predicted molar refractivity (Wildman–Crippen MR) is 85.9 cm³/mol. The minimum absolute atomic E-state index is 0.0989. The Hall–Kier alpha value is -0.740. The lowest BCUT2D eigenvalue weighted by Gasteiger charge is -2.28. The predicted octanol–water partition coefficient (Wildman–Crippen LogP) is 3.97. The van der Waals surface area contributed by atoms with Gasteiger partial charge in [-0.25, -0.2) is 0 Å². The topological polar surface area (TPSA) is 44.5 Å². The van der Waals surface area contributed by atoms with Crippen LogP contribution in [0.5, 0.6) is 11.5 Å². The lowest BCUT2D eigenvalue weighted by atomic mass is 9.82. The number of benzene rings is 1. The summed E-state index contributed by atoms with van der Waals surface area (Å²) in [5.41, 5.74) is 8.89. The van der Waals surface area contributed by atoms with Crippen molar-refractivity contribution in [2.75, 3.05) is 14.2 Å². The molecule has 4 heteroatoms. The van der Waals surface area contributed by atoms with E-state index in [2.05, 4.69) is 42.8 Å². The maximum absolute atomic E-state index is 6.26. The van der Waals surface area contributed by atoms with Gasteiger partial charge in [0.2, 0.25) is 0 Å². The first-order valence-electron chi connectivity index (χ1n) is 7.09. The highest BCUT2D eigenvalue weighted by Crippen LogP contribution is 2.56. The number of nitrogens with two attached hydrogens (primary N) is 1. The Balaban J connectivity index is 2.72. The molecule has 1 fully saturated rings. The number of hydrogen-bond acceptors (Lipinski definition) is 3. The van der Waals surface area contributed by atoms with E-state index in [1.807, 2.05) is 0 Å². The van der Waals surface area contributed by atoms with E-state index in [1.165, 1.54) is 11.1 Å². The quantitative estimate of drug-likeness (QED) is 0.881. The summed E-state index contributed by atoms with van der Waals surface area (Å²) in [4.78, 5) is 0. The summed E-state index contributed by atoms with van der Waals surface area (Å²) in [5, 5.41) is 0. The summed E-state index contributed by atoms with van der Waals surface area (Å²) < 4.78 is 12.1.